The highest BCUT2D eigenvalue weighted by Gasteiger charge is 2.57. The van der Waals surface area contributed by atoms with Gasteiger partial charge in [-0.2, -0.15) is 35.1 Å². The normalized spacial score (nSPS) is 15.6. The molecule has 0 aliphatic rings. The van der Waals surface area contributed by atoms with Crippen molar-refractivity contribution in [1.82, 2.24) is 0 Å². The molecule has 0 aliphatic carbocycles. The Balaban J connectivity index is 3.86. The van der Waals surface area contributed by atoms with Gasteiger partial charge in [0.05, 0.1) is 13.0 Å². The first kappa shape index (κ1) is 18.4. The summed E-state index contributed by atoms with van der Waals surface area (Å²) in [4.78, 5) is 0. The molecular formula is C10H14F8O. The number of rotatable bonds is 7. The van der Waals surface area contributed by atoms with Crippen LogP contribution in [0.1, 0.15) is 26.2 Å². The predicted molar refractivity (Wildman–Crippen MR) is 50.9 cm³/mol. The van der Waals surface area contributed by atoms with Crippen molar-refractivity contribution in [3.05, 3.63) is 0 Å². The van der Waals surface area contributed by atoms with Gasteiger partial charge in [0.15, 0.2) is 0 Å². The van der Waals surface area contributed by atoms with Gasteiger partial charge in [0.2, 0.25) is 0 Å². The van der Waals surface area contributed by atoms with E-state index in [0.717, 1.165) is 6.92 Å². The van der Waals surface area contributed by atoms with Gasteiger partial charge in [-0.15, -0.1) is 0 Å². The summed E-state index contributed by atoms with van der Waals surface area (Å²) in [5, 5.41) is 0. The largest absolute Gasteiger partial charge is 0.453 e. The van der Waals surface area contributed by atoms with Gasteiger partial charge in [-0.05, 0) is 12.3 Å². The van der Waals surface area contributed by atoms with Crippen molar-refractivity contribution in [3.63, 3.8) is 0 Å². The summed E-state index contributed by atoms with van der Waals surface area (Å²) in [6.07, 6.45) is -12.7. The van der Waals surface area contributed by atoms with Crippen LogP contribution in [0.25, 0.3) is 0 Å². The Morgan fingerprint density at radius 1 is 0.895 bits per heavy atom. The van der Waals surface area contributed by atoms with Crippen molar-refractivity contribution in [3.8, 4) is 0 Å². The van der Waals surface area contributed by atoms with Gasteiger partial charge in [0, 0.05) is 13.0 Å². The molecule has 1 nitrogen and oxygen atoms in total. The minimum atomic E-state index is -5.61. The number of ether oxygens (including phenoxy) is 1. The molecule has 0 saturated carbocycles. The molecule has 0 amide bonds. The maximum Gasteiger partial charge on any atom is 0.453 e. The fourth-order valence-corrected chi connectivity index (χ4v) is 1.23. The second-order valence-electron chi connectivity index (χ2n) is 4.28. The predicted octanol–water partition coefficient (Wildman–Crippen LogP) is 4.57. The first-order valence-electron chi connectivity index (χ1n) is 5.44. The Bertz CT molecular complexity index is 257. The molecule has 0 N–H and O–H groups in total. The van der Waals surface area contributed by atoms with Crippen molar-refractivity contribution in [2.75, 3.05) is 13.2 Å². The third-order valence-corrected chi connectivity index (χ3v) is 2.30. The number of halogens is 8. The fourth-order valence-electron chi connectivity index (χ4n) is 1.23. The van der Waals surface area contributed by atoms with Crippen molar-refractivity contribution < 1.29 is 39.9 Å². The van der Waals surface area contributed by atoms with Gasteiger partial charge in [-0.3, -0.25) is 0 Å². The zero-order valence-electron chi connectivity index (χ0n) is 10.0. The van der Waals surface area contributed by atoms with Gasteiger partial charge in [0.25, 0.3) is 0 Å². The minimum absolute atomic E-state index is 0.163. The molecule has 0 fully saturated rings. The van der Waals surface area contributed by atoms with Gasteiger partial charge in [-0.25, -0.2) is 0 Å². The zero-order valence-corrected chi connectivity index (χ0v) is 10.0. The SMILES string of the molecule is CC(CCOCCC(F)(F)F)CC(F)(F)C(F)(F)F. The summed E-state index contributed by atoms with van der Waals surface area (Å²) in [6.45, 7) is 0.240. The molecule has 1 atom stereocenters. The average Bonchev–Trinajstić information content (AvgIpc) is 2.12. The number of hydrogen-bond acceptors (Lipinski definition) is 1. The maximum atomic E-state index is 12.6. The molecular weight excluding hydrogens is 288 g/mol. The molecule has 0 aromatic heterocycles. The van der Waals surface area contributed by atoms with E-state index in [4.69, 9.17) is 0 Å². The summed E-state index contributed by atoms with van der Waals surface area (Å²) in [7, 11) is 0. The minimum Gasteiger partial charge on any atom is -0.381 e. The molecule has 9 heteroatoms. The van der Waals surface area contributed by atoms with E-state index in [1.165, 1.54) is 0 Å². The summed E-state index contributed by atoms with van der Waals surface area (Å²) < 4.78 is 100. The van der Waals surface area contributed by atoms with Crippen LogP contribution in [0.5, 0.6) is 0 Å². The summed E-state index contributed by atoms with van der Waals surface area (Å²) in [6, 6.07) is 0. The molecule has 0 aromatic carbocycles. The Hall–Kier alpha value is -0.600. The van der Waals surface area contributed by atoms with Crippen molar-refractivity contribution in [2.45, 2.75) is 44.5 Å². The molecule has 0 radical (unpaired) electrons. The summed E-state index contributed by atoms with van der Waals surface area (Å²) in [5.41, 5.74) is 0. The topological polar surface area (TPSA) is 9.23 Å². The van der Waals surface area contributed by atoms with Crippen molar-refractivity contribution >= 4 is 0 Å². The van der Waals surface area contributed by atoms with Gasteiger partial charge < -0.3 is 4.74 Å². The summed E-state index contributed by atoms with van der Waals surface area (Å²) in [5.74, 6) is -5.80. The fraction of sp³-hybridized carbons (Fsp3) is 1.00. The molecule has 0 aromatic rings. The van der Waals surface area contributed by atoms with Gasteiger partial charge >= 0.3 is 18.3 Å². The quantitative estimate of drug-likeness (QED) is 0.494. The molecule has 19 heavy (non-hydrogen) atoms. The highest BCUT2D eigenvalue weighted by atomic mass is 19.4. The molecule has 0 saturated heterocycles. The molecule has 0 bridgehead atoms. The monoisotopic (exact) mass is 302 g/mol. The maximum absolute atomic E-state index is 12.6. The molecule has 0 aliphatic heterocycles. The van der Waals surface area contributed by atoms with E-state index in [-0.39, 0.29) is 13.0 Å². The summed E-state index contributed by atoms with van der Waals surface area (Å²) >= 11 is 0. The third-order valence-electron chi connectivity index (χ3n) is 2.30. The number of hydrogen-bond donors (Lipinski definition) is 0. The second-order valence-corrected chi connectivity index (χ2v) is 4.28. The van der Waals surface area contributed by atoms with E-state index in [9.17, 15) is 35.1 Å². The van der Waals surface area contributed by atoms with Crippen molar-refractivity contribution in [1.29, 1.82) is 0 Å². The zero-order chi connectivity index (χ0) is 15.3. The van der Waals surface area contributed by atoms with Crippen LogP contribution in [0.15, 0.2) is 0 Å². The number of alkyl halides is 8. The second kappa shape index (κ2) is 6.71. The van der Waals surface area contributed by atoms with E-state index < -0.39 is 43.6 Å². The van der Waals surface area contributed by atoms with Crippen LogP contribution in [0, 0.1) is 5.92 Å². The lowest BCUT2D eigenvalue weighted by Gasteiger charge is -2.22. The lowest BCUT2D eigenvalue weighted by Crippen LogP contribution is -2.38. The van der Waals surface area contributed by atoms with Crippen LogP contribution < -0.4 is 0 Å². The molecule has 116 valence electrons. The van der Waals surface area contributed by atoms with Crippen LogP contribution in [-0.4, -0.2) is 31.5 Å². The lowest BCUT2D eigenvalue weighted by atomic mass is 9.99. The first-order chi connectivity index (χ1) is 8.35. The van der Waals surface area contributed by atoms with E-state index in [1.807, 2.05) is 0 Å². The standard InChI is InChI=1S/C10H14F8O/c1-7(6-8(11,12)10(16,17)18)2-4-19-5-3-9(13,14)15/h7H,2-6H2,1H3. The van der Waals surface area contributed by atoms with Crippen molar-refractivity contribution in [2.24, 2.45) is 5.92 Å². The Morgan fingerprint density at radius 2 is 1.42 bits per heavy atom. The molecule has 0 rings (SSSR count). The molecule has 0 spiro atoms. The lowest BCUT2D eigenvalue weighted by molar-refractivity contribution is -0.287. The van der Waals surface area contributed by atoms with Crippen LogP contribution in [0.4, 0.5) is 35.1 Å². The van der Waals surface area contributed by atoms with Crippen LogP contribution >= 0.6 is 0 Å². The highest BCUT2D eigenvalue weighted by Crippen LogP contribution is 2.40. The van der Waals surface area contributed by atoms with E-state index in [2.05, 4.69) is 4.74 Å². The Kier molecular flexibility index (Phi) is 6.50. The first-order valence-corrected chi connectivity index (χ1v) is 5.44. The van der Waals surface area contributed by atoms with Crippen LogP contribution in [0.2, 0.25) is 0 Å². The van der Waals surface area contributed by atoms with E-state index >= 15 is 0 Å². The Morgan fingerprint density at radius 3 is 1.84 bits per heavy atom. The molecule has 0 heterocycles. The van der Waals surface area contributed by atoms with Crippen LogP contribution in [-0.2, 0) is 4.74 Å². The average molecular weight is 302 g/mol. The van der Waals surface area contributed by atoms with E-state index in [0.29, 0.717) is 0 Å². The van der Waals surface area contributed by atoms with Gasteiger partial charge in [0.1, 0.15) is 0 Å². The van der Waals surface area contributed by atoms with Crippen LogP contribution in [0.3, 0.4) is 0 Å². The Labute approximate surface area is 104 Å². The smallest absolute Gasteiger partial charge is 0.381 e. The van der Waals surface area contributed by atoms with Gasteiger partial charge in [-0.1, -0.05) is 6.92 Å². The highest BCUT2D eigenvalue weighted by molar-refractivity contribution is 4.77. The third kappa shape index (κ3) is 8.22. The van der Waals surface area contributed by atoms with E-state index in [1.54, 1.807) is 0 Å². The molecule has 1 unspecified atom stereocenters.